The Morgan fingerprint density at radius 1 is 1.50 bits per heavy atom. The van der Waals surface area contributed by atoms with E-state index in [1.807, 2.05) is 0 Å². The van der Waals surface area contributed by atoms with Gasteiger partial charge in [-0.3, -0.25) is 4.99 Å². The van der Waals surface area contributed by atoms with Gasteiger partial charge in [0, 0.05) is 11.4 Å². The van der Waals surface area contributed by atoms with Crippen LogP contribution in [0.1, 0.15) is 0 Å². The van der Waals surface area contributed by atoms with E-state index in [-0.39, 0.29) is 0 Å². The van der Waals surface area contributed by atoms with Crippen LogP contribution >= 0.6 is 11.8 Å². The molecule has 1 N–H and O–H groups in total. The molecule has 0 fully saturated rings. The highest BCUT2D eigenvalue weighted by Gasteiger charge is 2.28. The maximum absolute atomic E-state index is 8.36. The third kappa shape index (κ3) is 2.08. The first-order valence-corrected chi connectivity index (χ1v) is 5.42. The summed E-state index contributed by atoms with van der Waals surface area (Å²) in [5.41, 5.74) is 1.33. The molecule has 0 saturated heterocycles. The lowest BCUT2D eigenvalue weighted by Crippen LogP contribution is -2.20. The third-order valence-electron chi connectivity index (χ3n) is 2.16. The van der Waals surface area contributed by atoms with Crippen molar-refractivity contribution in [3.05, 3.63) is 34.4 Å². The lowest BCUT2D eigenvalue weighted by molar-refractivity contribution is -0.742. The molecule has 7 heteroatoms. The first-order valence-electron chi connectivity index (χ1n) is 4.60. The van der Waals surface area contributed by atoms with Crippen molar-refractivity contribution in [2.45, 2.75) is 4.90 Å². The second-order valence-corrected chi connectivity index (χ2v) is 4.13. The van der Waals surface area contributed by atoms with E-state index in [4.69, 9.17) is 15.3 Å². The van der Waals surface area contributed by atoms with Gasteiger partial charge in [-0.05, 0) is 23.9 Å². The molecule has 1 aromatic rings. The van der Waals surface area contributed by atoms with Gasteiger partial charge < -0.3 is 10.1 Å². The van der Waals surface area contributed by atoms with Crippen LogP contribution in [-0.2, 0) is 0 Å². The Morgan fingerprint density at radius 3 is 2.94 bits per heavy atom. The summed E-state index contributed by atoms with van der Waals surface area (Å²) < 4.78 is 0. The van der Waals surface area contributed by atoms with Crippen molar-refractivity contribution in [1.29, 1.82) is 0 Å². The number of para-hydroxylation sites is 1. The highest BCUT2D eigenvalue weighted by molar-refractivity contribution is 8.14. The van der Waals surface area contributed by atoms with Crippen molar-refractivity contribution in [3.63, 3.8) is 0 Å². The van der Waals surface area contributed by atoms with E-state index in [0.29, 0.717) is 0 Å². The summed E-state index contributed by atoms with van der Waals surface area (Å²) in [6.45, 7) is 2.01. The molecule has 0 aromatic heterocycles. The SMILES string of the molecule is O=[N+]([O-])O.c1ccc2c(c1)SC1=NCCN12. The van der Waals surface area contributed by atoms with Crippen LogP contribution in [0.25, 0.3) is 0 Å². The van der Waals surface area contributed by atoms with Crippen LogP contribution in [0, 0.1) is 10.1 Å². The number of anilines is 1. The number of rotatable bonds is 0. The minimum absolute atomic E-state index is 0.955. The topological polar surface area (TPSA) is 79.0 Å². The van der Waals surface area contributed by atoms with Crippen molar-refractivity contribution in [2.24, 2.45) is 4.99 Å². The van der Waals surface area contributed by atoms with Gasteiger partial charge >= 0.3 is 0 Å². The summed E-state index contributed by atoms with van der Waals surface area (Å²) >= 11 is 1.78. The molecule has 0 spiro atoms. The van der Waals surface area contributed by atoms with Crippen molar-refractivity contribution in [2.75, 3.05) is 18.0 Å². The number of benzene rings is 1. The molecule has 16 heavy (non-hydrogen) atoms. The fourth-order valence-corrected chi connectivity index (χ4v) is 2.68. The van der Waals surface area contributed by atoms with Gasteiger partial charge in [0.25, 0.3) is 5.09 Å². The van der Waals surface area contributed by atoms with Crippen LogP contribution in [-0.4, -0.2) is 28.6 Å². The molecule has 0 unspecified atom stereocenters. The molecular weight excluding hydrogens is 230 g/mol. The fourth-order valence-electron chi connectivity index (χ4n) is 1.60. The lowest BCUT2D eigenvalue weighted by atomic mass is 10.3. The quantitative estimate of drug-likeness (QED) is 0.549. The Morgan fingerprint density at radius 2 is 2.19 bits per heavy atom. The average molecular weight is 239 g/mol. The molecule has 2 aliphatic rings. The molecule has 1 aromatic carbocycles. The minimum Gasteiger partial charge on any atom is -0.328 e. The molecule has 0 radical (unpaired) electrons. The van der Waals surface area contributed by atoms with Crippen molar-refractivity contribution in [3.8, 4) is 0 Å². The van der Waals surface area contributed by atoms with Gasteiger partial charge in [-0.2, -0.15) is 0 Å². The van der Waals surface area contributed by atoms with Gasteiger partial charge in [0.05, 0.1) is 12.2 Å². The minimum atomic E-state index is -1.50. The molecule has 0 amide bonds. The largest absolute Gasteiger partial charge is 0.328 e. The fraction of sp³-hybridized carbons (Fsp3) is 0.222. The maximum atomic E-state index is 8.36. The monoisotopic (exact) mass is 239 g/mol. The van der Waals surface area contributed by atoms with E-state index >= 15 is 0 Å². The maximum Gasteiger partial charge on any atom is 0.291 e. The van der Waals surface area contributed by atoms with E-state index < -0.39 is 5.09 Å². The van der Waals surface area contributed by atoms with Gasteiger partial charge in [0.2, 0.25) is 0 Å². The first kappa shape index (κ1) is 10.7. The summed E-state index contributed by atoms with van der Waals surface area (Å²) in [5.74, 6) is 0. The Bertz CT molecular complexity index is 445. The van der Waals surface area contributed by atoms with Crippen LogP contribution in [0.4, 0.5) is 5.69 Å². The summed E-state index contributed by atoms with van der Waals surface area (Å²) in [4.78, 5) is 16.4. The summed E-state index contributed by atoms with van der Waals surface area (Å²) in [6.07, 6.45) is 0. The van der Waals surface area contributed by atoms with Crippen LogP contribution in [0.3, 0.4) is 0 Å². The molecular formula is C9H9N3O3S. The summed E-state index contributed by atoms with van der Waals surface area (Å²) in [6, 6.07) is 8.48. The molecule has 2 aliphatic heterocycles. The predicted molar refractivity (Wildman–Crippen MR) is 60.7 cm³/mol. The van der Waals surface area contributed by atoms with Gasteiger partial charge in [0.1, 0.15) is 0 Å². The number of fused-ring (bicyclic) bond motifs is 3. The molecule has 6 nitrogen and oxygen atoms in total. The molecule has 84 valence electrons. The van der Waals surface area contributed by atoms with Crippen LogP contribution < -0.4 is 4.90 Å². The second-order valence-electron chi connectivity index (χ2n) is 3.12. The van der Waals surface area contributed by atoms with Gasteiger partial charge in [-0.1, -0.05) is 12.1 Å². The molecule has 0 aliphatic carbocycles. The van der Waals surface area contributed by atoms with Crippen LogP contribution in [0.5, 0.6) is 0 Å². The van der Waals surface area contributed by atoms with Gasteiger partial charge in [-0.15, -0.1) is 10.1 Å². The number of hydrogen-bond donors (Lipinski definition) is 1. The second kappa shape index (κ2) is 4.40. The average Bonchev–Trinajstić information content (AvgIpc) is 2.75. The van der Waals surface area contributed by atoms with E-state index in [1.165, 1.54) is 15.8 Å². The number of hydrogen-bond acceptors (Lipinski definition) is 5. The van der Waals surface area contributed by atoms with E-state index in [0.717, 1.165) is 13.1 Å². The molecule has 0 atom stereocenters. The molecule has 0 saturated carbocycles. The van der Waals surface area contributed by atoms with E-state index in [1.54, 1.807) is 11.8 Å². The smallest absolute Gasteiger partial charge is 0.291 e. The summed E-state index contributed by atoms with van der Waals surface area (Å²) in [5, 5.41) is 14.8. The number of amidine groups is 1. The van der Waals surface area contributed by atoms with Gasteiger partial charge in [-0.25, -0.2) is 0 Å². The predicted octanol–water partition coefficient (Wildman–Crippen LogP) is 1.62. The van der Waals surface area contributed by atoms with Gasteiger partial charge in [0.15, 0.2) is 5.17 Å². The Balaban J connectivity index is 0.000000212. The highest BCUT2D eigenvalue weighted by Crippen LogP contribution is 2.41. The third-order valence-corrected chi connectivity index (χ3v) is 3.26. The Labute approximate surface area is 95.7 Å². The standard InChI is InChI=1S/C9H8N2S.HNO3/c1-2-4-8-7(3-1)11-6-5-10-9(11)12-8;2-1(3)4/h1-4H,5-6H2;(H,2,3,4). The Kier molecular flexibility index (Phi) is 2.95. The zero-order chi connectivity index (χ0) is 11.5. The molecule has 2 heterocycles. The zero-order valence-electron chi connectivity index (χ0n) is 8.24. The van der Waals surface area contributed by atoms with Crippen LogP contribution in [0.15, 0.2) is 34.2 Å². The van der Waals surface area contributed by atoms with Crippen molar-refractivity contribution in [1.82, 2.24) is 0 Å². The highest BCUT2D eigenvalue weighted by atomic mass is 32.2. The van der Waals surface area contributed by atoms with Crippen molar-refractivity contribution < 1.29 is 10.3 Å². The summed E-state index contributed by atoms with van der Waals surface area (Å²) in [7, 11) is 0. The molecule has 0 bridgehead atoms. The Hall–Kier alpha value is -1.76. The molecule has 3 rings (SSSR count). The number of thioether (sulfide) groups is 1. The zero-order valence-corrected chi connectivity index (χ0v) is 9.05. The van der Waals surface area contributed by atoms with Crippen molar-refractivity contribution >= 4 is 22.6 Å². The lowest BCUT2D eigenvalue weighted by Gasteiger charge is -2.10. The van der Waals surface area contributed by atoms with E-state index in [2.05, 4.69) is 34.2 Å². The number of aliphatic imine (C=N–C) groups is 1. The van der Waals surface area contributed by atoms with Crippen LogP contribution in [0.2, 0.25) is 0 Å². The normalized spacial score (nSPS) is 15.8. The van der Waals surface area contributed by atoms with E-state index in [9.17, 15) is 0 Å². The number of nitrogens with zero attached hydrogens (tertiary/aromatic N) is 3. The first-order chi connectivity index (χ1) is 7.68.